The molecule has 2 aliphatic rings. The summed E-state index contributed by atoms with van der Waals surface area (Å²) in [4.78, 5) is 33.4. The van der Waals surface area contributed by atoms with Crippen LogP contribution in [0.3, 0.4) is 0 Å². The van der Waals surface area contributed by atoms with E-state index in [1.54, 1.807) is 0 Å². The summed E-state index contributed by atoms with van der Waals surface area (Å²) in [5, 5.41) is 2.01. The molecule has 2 heterocycles. The van der Waals surface area contributed by atoms with Crippen LogP contribution in [0, 0.1) is 0 Å². The first-order chi connectivity index (χ1) is 5.20. The van der Waals surface area contributed by atoms with Gasteiger partial charge in [-0.3, -0.25) is 14.9 Å². The number of rotatable bonds is 0. The van der Waals surface area contributed by atoms with Crippen molar-refractivity contribution in [2.75, 3.05) is 0 Å². The molecule has 11 heavy (non-hydrogen) atoms. The molecule has 2 rings (SSSR count). The first-order valence-electron chi connectivity index (χ1n) is 3.08. The molecule has 0 bridgehead atoms. The number of nitrogens with one attached hydrogen (secondary N) is 1. The predicted octanol–water partition coefficient (Wildman–Crippen LogP) is -0.648. The van der Waals surface area contributed by atoms with Crippen LogP contribution in [0.1, 0.15) is 6.42 Å². The maximum Gasteiger partial charge on any atom is 0.335 e. The Kier molecular flexibility index (Phi) is 0.934. The van der Waals surface area contributed by atoms with Crippen LogP contribution >= 0.6 is 0 Å². The fourth-order valence-corrected chi connectivity index (χ4v) is 1.13. The Morgan fingerprint density at radius 2 is 2.09 bits per heavy atom. The van der Waals surface area contributed by atoms with Crippen LogP contribution in [-0.4, -0.2) is 22.7 Å². The Balaban J connectivity index is 2.47. The van der Waals surface area contributed by atoms with Crippen LogP contribution in [0.15, 0.2) is 11.8 Å². The lowest BCUT2D eigenvalue weighted by molar-refractivity contribution is -0.125. The van der Waals surface area contributed by atoms with E-state index < -0.39 is 11.9 Å². The zero-order chi connectivity index (χ0) is 8.01. The molecule has 1 fully saturated rings. The molecule has 0 aromatic carbocycles. The topological polar surface area (TPSA) is 66.5 Å². The van der Waals surface area contributed by atoms with Crippen LogP contribution in [0.2, 0.25) is 0 Å². The van der Waals surface area contributed by atoms with Gasteiger partial charge in [-0.15, -0.1) is 0 Å². The largest absolute Gasteiger partial charge is 0.335 e. The minimum atomic E-state index is -0.635. The third-order valence-corrected chi connectivity index (χ3v) is 1.62. The van der Waals surface area contributed by atoms with Gasteiger partial charge in [-0.25, -0.2) is 9.69 Å². The summed E-state index contributed by atoms with van der Waals surface area (Å²) in [6.45, 7) is 0. The van der Waals surface area contributed by atoms with Crippen molar-refractivity contribution in [2.45, 2.75) is 6.42 Å². The van der Waals surface area contributed by atoms with E-state index in [-0.39, 0.29) is 18.0 Å². The smallest absolute Gasteiger partial charge is 0.274 e. The summed E-state index contributed by atoms with van der Waals surface area (Å²) < 4.78 is 0. The Morgan fingerprint density at radius 3 is 2.73 bits per heavy atom. The summed E-state index contributed by atoms with van der Waals surface area (Å²) in [5.41, 5.74) is 0.167. The van der Waals surface area contributed by atoms with E-state index in [9.17, 15) is 14.4 Å². The molecule has 1 saturated heterocycles. The number of carbonyl (C=O) groups excluding carboxylic acids is 3. The number of hydrogen-bond acceptors (Lipinski definition) is 3. The lowest BCUT2D eigenvalue weighted by Crippen LogP contribution is -2.30. The van der Waals surface area contributed by atoms with E-state index >= 15 is 0 Å². The van der Waals surface area contributed by atoms with Crippen LogP contribution in [0.25, 0.3) is 0 Å². The quantitative estimate of drug-likeness (QED) is 0.469. The van der Waals surface area contributed by atoms with Gasteiger partial charge in [0.2, 0.25) is 5.91 Å². The highest BCUT2D eigenvalue weighted by Gasteiger charge is 2.40. The van der Waals surface area contributed by atoms with Crippen molar-refractivity contribution in [1.82, 2.24) is 10.2 Å². The zero-order valence-corrected chi connectivity index (χ0v) is 5.46. The monoisotopic (exact) mass is 152 g/mol. The van der Waals surface area contributed by atoms with Gasteiger partial charge in [-0.1, -0.05) is 0 Å². The van der Waals surface area contributed by atoms with E-state index in [0.29, 0.717) is 0 Å². The maximum atomic E-state index is 10.9. The van der Waals surface area contributed by atoms with Gasteiger partial charge in [0.1, 0.15) is 5.70 Å². The molecule has 0 atom stereocenters. The number of amides is 4. The van der Waals surface area contributed by atoms with Gasteiger partial charge in [0.25, 0.3) is 5.91 Å². The molecule has 5 heteroatoms. The summed E-state index contributed by atoms with van der Waals surface area (Å²) >= 11 is 0. The Morgan fingerprint density at radius 1 is 1.36 bits per heavy atom. The normalized spacial score (nSPS) is 22.0. The molecular weight excluding hydrogens is 148 g/mol. The van der Waals surface area contributed by atoms with Crippen LogP contribution in [0.4, 0.5) is 4.79 Å². The molecule has 0 aliphatic carbocycles. The maximum absolute atomic E-state index is 10.9. The SMILES string of the molecule is O=C1NC(=O)N2C(=O)CC=C12. The number of hydrogen-bond donors (Lipinski definition) is 1. The summed E-state index contributed by atoms with van der Waals surface area (Å²) in [6, 6.07) is -0.635. The van der Waals surface area contributed by atoms with Gasteiger partial charge in [-0.2, -0.15) is 0 Å². The first kappa shape index (κ1) is 6.09. The third kappa shape index (κ3) is 0.618. The minimum Gasteiger partial charge on any atom is -0.274 e. The Bertz CT molecular complexity index is 305. The molecule has 4 amide bonds. The van der Waals surface area contributed by atoms with Gasteiger partial charge in [0.15, 0.2) is 0 Å². The second kappa shape index (κ2) is 1.69. The Hall–Kier alpha value is -1.65. The number of fused-ring (bicyclic) bond motifs is 1. The second-order valence-corrected chi connectivity index (χ2v) is 2.28. The van der Waals surface area contributed by atoms with Crippen LogP contribution in [-0.2, 0) is 9.59 Å². The molecule has 5 nitrogen and oxygen atoms in total. The molecule has 0 aromatic heterocycles. The van der Waals surface area contributed by atoms with Gasteiger partial charge in [0, 0.05) is 6.42 Å². The molecule has 56 valence electrons. The molecular formula is C6H4N2O3. The second-order valence-electron chi connectivity index (χ2n) is 2.28. The molecule has 0 unspecified atom stereocenters. The lowest BCUT2D eigenvalue weighted by atomic mass is 10.4. The average molecular weight is 152 g/mol. The zero-order valence-electron chi connectivity index (χ0n) is 5.46. The number of urea groups is 1. The lowest BCUT2D eigenvalue weighted by Gasteiger charge is -2.03. The van der Waals surface area contributed by atoms with E-state index in [2.05, 4.69) is 0 Å². The third-order valence-electron chi connectivity index (χ3n) is 1.62. The van der Waals surface area contributed by atoms with Crippen molar-refractivity contribution in [3.63, 3.8) is 0 Å². The fraction of sp³-hybridized carbons (Fsp3) is 0.167. The van der Waals surface area contributed by atoms with Gasteiger partial charge >= 0.3 is 6.03 Å². The molecule has 0 spiro atoms. The van der Waals surface area contributed by atoms with Crippen molar-refractivity contribution >= 4 is 17.8 Å². The molecule has 2 aliphatic heterocycles. The Labute approximate surface area is 61.7 Å². The molecule has 0 saturated carbocycles. The number of carbonyl (C=O) groups is 3. The summed E-state index contributed by atoms with van der Waals surface area (Å²) in [6.07, 6.45) is 1.59. The minimum absolute atomic E-state index is 0.147. The van der Waals surface area contributed by atoms with Gasteiger partial charge < -0.3 is 0 Å². The van der Waals surface area contributed by atoms with E-state index in [0.717, 1.165) is 4.90 Å². The molecule has 1 N–H and O–H groups in total. The first-order valence-corrected chi connectivity index (χ1v) is 3.08. The van der Waals surface area contributed by atoms with Gasteiger partial charge in [-0.05, 0) is 6.08 Å². The molecule has 0 radical (unpaired) electrons. The average Bonchev–Trinajstić information content (AvgIpc) is 2.41. The highest BCUT2D eigenvalue weighted by atomic mass is 16.2. The standard InChI is InChI=1S/C6H4N2O3/c9-4-2-1-3-5(10)7-6(11)8(3)4/h1H,2H2,(H,7,10,11). The predicted molar refractivity (Wildman–Crippen MR) is 33.1 cm³/mol. The highest BCUT2D eigenvalue weighted by Crippen LogP contribution is 2.20. The van der Waals surface area contributed by atoms with Crippen molar-refractivity contribution in [1.29, 1.82) is 0 Å². The summed E-state index contributed by atoms with van der Waals surface area (Å²) in [5.74, 6) is -0.829. The number of nitrogens with zero attached hydrogens (tertiary/aromatic N) is 1. The fourth-order valence-electron chi connectivity index (χ4n) is 1.13. The van der Waals surface area contributed by atoms with Crippen molar-refractivity contribution in [2.24, 2.45) is 0 Å². The van der Waals surface area contributed by atoms with E-state index in [4.69, 9.17) is 0 Å². The van der Waals surface area contributed by atoms with Crippen LogP contribution < -0.4 is 5.32 Å². The van der Waals surface area contributed by atoms with E-state index in [1.165, 1.54) is 6.08 Å². The van der Waals surface area contributed by atoms with Crippen molar-refractivity contribution < 1.29 is 14.4 Å². The summed E-state index contributed by atoms with van der Waals surface area (Å²) in [7, 11) is 0. The van der Waals surface area contributed by atoms with Gasteiger partial charge in [0.05, 0.1) is 0 Å². The highest BCUT2D eigenvalue weighted by molar-refractivity contribution is 6.20. The van der Waals surface area contributed by atoms with Crippen molar-refractivity contribution in [3.05, 3.63) is 11.8 Å². The van der Waals surface area contributed by atoms with E-state index in [1.807, 2.05) is 5.32 Å². The number of imide groups is 2. The van der Waals surface area contributed by atoms with Crippen molar-refractivity contribution in [3.8, 4) is 0 Å². The van der Waals surface area contributed by atoms with Crippen LogP contribution in [0.5, 0.6) is 0 Å². The molecule has 0 aromatic rings.